The maximum atomic E-state index is 12.3. The van der Waals surface area contributed by atoms with Gasteiger partial charge < -0.3 is 15.5 Å². The summed E-state index contributed by atoms with van der Waals surface area (Å²) in [6.07, 6.45) is 0.264. The number of amides is 2. The lowest BCUT2D eigenvalue weighted by Crippen LogP contribution is -2.15. The fraction of sp³-hybridized carbons (Fsp3) is 0.150. The third-order valence-electron chi connectivity index (χ3n) is 3.83. The van der Waals surface area contributed by atoms with E-state index in [1.807, 2.05) is 73.6 Å². The Labute approximate surface area is 161 Å². The van der Waals surface area contributed by atoms with Crippen LogP contribution in [0, 0.1) is 0 Å². The summed E-state index contributed by atoms with van der Waals surface area (Å²) in [6.45, 7) is 0. The van der Waals surface area contributed by atoms with Crippen LogP contribution in [0.1, 0.15) is 16.1 Å². The first-order valence-corrected chi connectivity index (χ1v) is 9.27. The summed E-state index contributed by atoms with van der Waals surface area (Å²) in [5.41, 5.74) is 2.93. The Balaban J connectivity index is 1.57. The summed E-state index contributed by atoms with van der Waals surface area (Å²) < 4.78 is 0. The highest BCUT2D eigenvalue weighted by Gasteiger charge is 2.13. The molecule has 0 spiro atoms. The van der Waals surface area contributed by atoms with Crippen molar-refractivity contribution in [1.82, 2.24) is 4.98 Å². The molecule has 2 aromatic carbocycles. The Kier molecular flexibility index (Phi) is 5.83. The van der Waals surface area contributed by atoms with E-state index in [9.17, 15) is 9.59 Å². The van der Waals surface area contributed by atoms with Gasteiger partial charge in [-0.05, 0) is 29.8 Å². The van der Waals surface area contributed by atoms with E-state index < -0.39 is 0 Å². The van der Waals surface area contributed by atoms with Crippen LogP contribution in [0.5, 0.6) is 0 Å². The van der Waals surface area contributed by atoms with E-state index in [-0.39, 0.29) is 23.9 Å². The number of carbonyl (C=O) groups excluding carboxylic acids is 2. The van der Waals surface area contributed by atoms with Crippen LogP contribution in [0.25, 0.3) is 0 Å². The van der Waals surface area contributed by atoms with Crippen molar-refractivity contribution in [2.24, 2.45) is 0 Å². The number of hydrogen-bond donors (Lipinski definition) is 2. The molecule has 0 fully saturated rings. The molecule has 0 bridgehead atoms. The summed E-state index contributed by atoms with van der Waals surface area (Å²) >= 11 is 1.22. The van der Waals surface area contributed by atoms with Crippen LogP contribution in [0.2, 0.25) is 0 Å². The number of nitrogens with zero attached hydrogens (tertiary/aromatic N) is 2. The predicted molar refractivity (Wildman–Crippen MR) is 110 cm³/mol. The van der Waals surface area contributed by atoms with Crippen LogP contribution in [0.4, 0.5) is 16.5 Å². The maximum Gasteiger partial charge on any atom is 0.275 e. The van der Waals surface area contributed by atoms with Crippen LogP contribution in [0.15, 0.2) is 60.0 Å². The summed E-state index contributed by atoms with van der Waals surface area (Å²) in [5.74, 6) is -0.478. The van der Waals surface area contributed by atoms with Gasteiger partial charge in [-0.3, -0.25) is 9.59 Å². The fourth-order valence-electron chi connectivity index (χ4n) is 2.42. The van der Waals surface area contributed by atoms with Crippen molar-refractivity contribution in [3.05, 3.63) is 71.2 Å². The Morgan fingerprint density at radius 1 is 1.00 bits per heavy atom. The summed E-state index contributed by atoms with van der Waals surface area (Å²) in [6, 6.07) is 17.0. The summed E-state index contributed by atoms with van der Waals surface area (Å²) in [4.78, 5) is 30.6. The second-order valence-electron chi connectivity index (χ2n) is 6.14. The van der Waals surface area contributed by atoms with Crippen molar-refractivity contribution in [2.75, 3.05) is 29.6 Å². The van der Waals surface area contributed by atoms with E-state index in [1.165, 1.54) is 11.3 Å². The zero-order valence-corrected chi connectivity index (χ0v) is 15.9. The SMILES string of the molecule is CN(C)c1ccc(NC(=O)c2csc(NC(=O)Cc3ccccc3)n2)cc1. The number of thiazole rings is 1. The van der Waals surface area contributed by atoms with Gasteiger partial charge in [0.2, 0.25) is 5.91 Å². The number of carbonyl (C=O) groups is 2. The average molecular weight is 380 g/mol. The molecule has 7 heteroatoms. The Morgan fingerprint density at radius 2 is 1.70 bits per heavy atom. The lowest BCUT2D eigenvalue weighted by molar-refractivity contribution is -0.115. The van der Waals surface area contributed by atoms with Gasteiger partial charge in [0.25, 0.3) is 5.91 Å². The minimum absolute atomic E-state index is 0.165. The van der Waals surface area contributed by atoms with Gasteiger partial charge in [0.15, 0.2) is 5.13 Å². The number of hydrogen-bond acceptors (Lipinski definition) is 5. The highest BCUT2D eigenvalue weighted by Crippen LogP contribution is 2.19. The molecular formula is C20H20N4O2S. The molecular weight excluding hydrogens is 360 g/mol. The normalized spacial score (nSPS) is 10.3. The number of anilines is 3. The van der Waals surface area contributed by atoms with Crippen LogP contribution in [-0.2, 0) is 11.2 Å². The molecule has 138 valence electrons. The molecule has 3 rings (SSSR count). The molecule has 0 aliphatic carbocycles. The number of nitrogens with one attached hydrogen (secondary N) is 2. The zero-order valence-electron chi connectivity index (χ0n) is 15.1. The standard InChI is InChI=1S/C20H20N4O2S/c1-24(2)16-10-8-15(9-11-16)21-19(26)17-13-27-20(22-17)23-18(25)12-14-6-4-3-5-7-14/h3-11,13H,12H2,1-2H3,(H,21,26)(H,22,23,25). The third kappa shape index (κ3) is 5.15. The van der Waals surface area contributed by atoms with Crippen LogP contribution < -0.4 is 15.5 Å². The molecule has 0 aliphatic rings. The minimum atomic E-state index is -0.313. The lowest BCUT2D eigenvalue weighted by Gasteiger charge is -2.12. The third-order valence-corrected chi connectivity index (χ3v) is 4.59. The predicted octanol–water partition coefficient (Wildman–Crippen LogP) is 3.64. The van der Waals surface area contributed by atoms with E-state index in [0.717, 1.165) is 11.3 Å². The minimum Gasteiger partial charge on any atom is -0.378 e. The maximum absolute atomic E-state index is 12.3. The first kappa shape index (κ1) is 18.6. The van der Waals surface area contributed by atoms with E-state index in [1.54, 1.807) is 5.38 Å². The molecule has 3 aromatic rings. The smallest absolute Gasteiger partial charge is 0.275 e. The molecule has 0 atom stereocenters. The Bertz CT molecular complexity index is 921. The molecule has 0 unspecified atom stereocenters. The largest absolute Gasteiger partial charge is 0.378 e. The monoisotopic (exact) mass is 380 g/mol. The van der Waals surface area contributed by atoms with Crippen molar-refractivity contribution in [2.45, 2.75) is 6.42 Å². The molecule has 0 saturated heterocycles. The average Bonchev–Trinajstić information content (AvgIpc) is 3.11. The molecule has 1 heterocycles. The molecule has 6 nitrogen and oxygen atoms in total. The van der Waals surface area contributed by atoms with E-state index >= 15 is 0 Å². The van der Waals surface area contributed by atoms with E-state index in [2.05, 4.69) is 15.6 Å². The van der Waals surface area contributed by atoms with Crippen molar-refractivity contribution < 1.29 is 9.59 Å². The second kappa shape index (κ2) is 8.46. The fourth-order valence-corrected chi connectivity index (χ4v) is 3.13. The van der Waals surface area contributed by atoms with Gasteiger partial charge in [-0.15, -0.1) is 11.3 Å². The highest BCUT2D eigenvalue weighted by molar-refractivity contribution is 7.14. The number of benzene rings is 2. The Morgan fingerprint density at radius 3 is 2.37 bits per heavy atom. The first-order valence-electron chi connectivity index (χ1n) is 8.39. The van der Waals surface area contributed by atoms with Gasteiger partial charge in [0.1, 0.15) is 5.69 Å². The van der Waals surface area contributed by atoms with Crippen molar-refractivity contribution in [3.8, 4) is 0 Å². The molecule has 2 amide bonds. The molecule has 1 aromatic heterocycles. The Hall–Kier alpha value is -3.19. The van der Waals surface area contributed by atoms with Gasteiger partial charge in [-0.2, -0.15) is 0 Å². The van der Waals surface area contributed by atoms with Crippen LogP contribution >= 0.6 is 11.3 Å². The number of rotatable bonds is 6. The zero-order chi connectivity index (χ0) is 19.2. The lowest BCUT2D eigenvalue weighted by atomic mass is 10.1. The van der Waals surface area contributed by atoms with Crippen LogP contribution in [0.3, 0.4) is 0 Å². The van der Waals surface area contributed by atoms with E-state index in [4.69, 9.17) is 0 Å². The molecule has 27 heavy (non-hydrogen) atoms. The van der Waals surface area contributed by atoms with Gasteiger partial charge >= 0.3 is 0 Å². The summed E-state index contributed by atoms with van der Waals surface area (Å²) in [5, 5.41) is 7.57. The van der Waals surface area contributed by atoms with Crippen molar-refractivity contribution in [1.29, 1.82) is 0 Å². The molecule has 0 aliphatic heterocycles. The van der Waals surface area contributed by atoms with Gasteiger partial charge in [0.05, 0.1) is 6.42 Å². The van der Waals surface area contributed by atoms with Crippen molar-refractivity contribution in [3.63, 3.8) is 0 Å². The van der Waals surface area contributed by atoms with Gasteiger partial charge in [0, 0.05) is 30.9 Å². The van der Waals surface area contributed by atoms with Gasteiger partial charge in [-0.25, -0.2) is 4.98 Å². The second-order valence-corrected chi connectivity index (χ2v) is 7.00. The summed E-state index contributed by atoms with van der Waals surface area (Å²) in [7, 11) is 3.91. The number of aromatic nitrogens is 1. The molecule has 2 N–H and O–H groups in total. The van der Waals surface area contributed by atoms with Crippen LogP contribution in [-0.4, -0.2) is 30.9 Å². The molecule has 0 radical (unpaired) electrons. The van der Waals surface area contributed by atoms with Crippen molar-refractivity contribution >= 4 is 39.7 Å². The van der Waals surface area contributed by atoms with E-state index in [0.29, 0.717) is 10.8 Å². The quantitative estimate of drug-likeness (QED) is 0.685. The van der Waals surface area contributed by atoms with Gasteiger partial charge in [-0.1, -0.05) is 30.3 Å². The first-order chi connectivity index (χ1) is 13.0. The highest BCUT2D eigenvalue weighted by atomic mass is 32.1. The topological polar surface area (TPSA) is 74.3 Å². The molecule has 0 saturated carbocycles.